The number of rotatable bonds is 0. The predicted molar refractivity (Wildman–Crippen MR) is 34.8 cm³/mol. The maximum atomic E-state index is 5.32. The minimum atomic E-state index is 0.429. The highest BCUT2D eigenvalue weighted by atomic mass is 16.7. The maximum Gasteiger partial charge on any atom is 0.230 e. The van der Waals surface area contributed by atoms with Gasteiger partial charge < -0.3 is 9.47 Å². The Morgan fingerprint density at radius 3 is 3.40 bits per heavy atom. The van der Waals surface area contributed by atoms with Crippen LogP contribution in [0.3, 0.4) is 0 Å². The van der Waals surface area contributed by atoms with Gasteiger partial charge in [-0.05, 0) is 18.4 Å². The first-order valence-electron chi connectivity index (χ1n) is 3.63. The number of ether oxygens (including phenoxy) is 2. The van der Waals surface area contributed by atoms with Crippen molar-refractivity contribution in [2.24, 2.45) is 11.8 Å². The minimum Gasteiger partial charge on any atom is -0.458 e. The van der Waals surface area contributed by atoms with Crippen LogP contribution in [0.1, 0.15) is 6.42 Å². The molecule has 0 N–H and O–H groups in total. The molecular weight excluding hydrogens is 128 g/mol. The largest absolute Gasteiger partial charge is 0.458 e. The second-order valence-electron chi connectivity index (χ2n) is 3.00. The third-order valence-electron chi connectivity index (χ3n) is 2.34. The van der Waals surface area contributed by atoms with Crippen molar-refractivity contribution in [2.45, 2.75) is 6.42 Å². The zero-order chi connectivity index (χ0) is 6.55. The normalized spacial score (nSPS) is 40.0. The molecule has 3 rings (SSSR count). The molecule has 0 bridgehead atoms. The monoisotopic (exact) mass is 136 g/mol. The van der Waals surface area contributed by atoms with Crippen LogP contribution in [0.2, 0.25) is 0 Å². The van der Waals surface area contributed by atoms with E-state index >= 15 is 0 Å². The maximum absolute atomic E-state index is 5.32. The molecule has 2 aliphatic carbocycles. The molecular formula is C8H8O2. The molecule has 0 aromatic carbocycles. The van der Waals surface area contributed by atoms with Crippen LogP contribution in [0.4, 0.5) is 0 Å². The Bertz CT molecular complexity index is 240. The molecule has 0 spiro atoms. The van der Waals surface area contributed by atoms with Gasteiger partial charge in [0.1, 0.15) is 5.76 Å². The average molecular weight is 136 g/mol. The molecule has 1 aliphatic heterocycles. The summed E-state index contributed by atoms with van der Waals surface area (Å²) in [6, 6.07) is 0. The number of allylic oxidation sites excluding steroid dienone is 3. The third-order valence-corrected chi connectivity index (χ3v) is 2.34. The summed E-state index contributed by atoms with van der Waals surface area (Å²) in [7, 11) is 0. The van der Waals surface area contributed by atoms with E-state index in [1.54, 1.807) is 0 Å². The van der Waals surface area contributed by atoms with E-state index in [0.29, 0.717) is 12.7 Å². The second kappa shape index (κ2) is 1.39. The highest BCUT2D eigenvalue weighted by Crippen LogP contribution is 2.50. The van der Waals surface area contributed by atoms with Crippen molar-refractivity contribution in [3.05, 3.63) is 23.7 Å². The van der Waals surface area contributed by atoms with Crippen LogP contribution in [-0.4, -0.2) is 6.79 Å². The smallest absolute Gasteiger partial charge is 0.230 e. The van der Waals surface area contributed by atoms with Gasteiger partial charge in [-0.1, -0.05) is 6.08 Å². The van der Waals surface area contributed by atoms with Crippen LogP contribution in [0.5, 0.6) is 0 Å². The topological polar surface area (TPSA) is 18.5 Å². The predicted octanol–water partition coefficient (Wildman–Crippen LogP) is 1.41. The minimum absolute atomic E-state index is 0.429. The van der Waals surface area contributed by atoms with Gasteiger partial charge in [-0.15, -0.1) is 0 Å². The van der Waals surface area contributed by atoms with Gasteiger partial charge >= 0.3 is 0 Å². The number of fused-ring (bicyclic) bond motifs is 2. The molecule has 2 atom stereocenters. The van der Waals surface area contributed by atoms with Crippen LogP contribution >= 0.6 is 0 Å². The lowest BCUT2D eigenvalue weighted by Crippen LogP contribution is -1.93. The fourth-order valence-corrected chi connectivity index (χ4v) is 1.66. The Morgan fingerprint density at radius 2 is 2.40 bits per heavy atom. The SMILES string of the molecule is C1=CC2CC2C2=C1OCO2. The molecule has 3 aliphatic rings. The first-order valence-corrected chi connectivity index (χ1v) is 3.63. The Balaban J connectivity index is 2.07. The van der Waals surface area contributed by atoms with Crippen molar-refractivity contribution < 1.29 is 9.47 Å². The summed E-state index contributed by atoms with van der Waals surface area (Å²) >= 11 is 0. The molecule has 0 amide bonds. The fourth-order valence-electron chi connectivity index (χ4n) is 1.66. The van der Waals surface area contributed by atoms with Gasteiger partial charge in [0.15, 0.2) is 5.76 Å². The van der Waals surface area contributed by atoms with Crippen LogP contribution in [-0.2, 0) is 9.47 Å². The van der Waals surface area contributed by atoms with E-state index in [1.165, 1.54) is 6.42 Å². The van der Waals surface area contributed by atoms with Crippen molar-refractivity contribution in [3.63, 3.8) is 0 Å². The molecule has 0 saturated heterocycles. The van der Waals surface area contributed by atoms with E-state index in [9.17, 15) is 0 Å². The van der Waals surface area contributed by atoms with Crippen molar-refractivity contribution >= 4 is 0 Å². The molecule has 1 saturated carbocycles. The van der Waals surface area contributed by atoms with E-state index < -0.39 is 0 Å². The van der Waals surface area contributed by atoms with Crippen LogP contribution in [0, 0.1) is 11.8 Å². The molecule has 2 heteroatoms. The summed E-state index contributed by atoms with van der Waals surface area (Å²) in [6.07, 6.45) is 5.52. The van der Waals surface area contributed by atoms with E-state index in [4.69, 9.17) is 9.47 Å². The summed E-state index contributed by atoms with van der Waals surface area (Å²) < 4.78 is 10.5. The van der Waals surface area contributed by atoms with Gasteiger partial charge in [0.25, 0.3) is 0 Å². The summed E-state index contributed by atoms with van der Waals surface area (Å²) in [5.74, 6) is 3.51. The molecule has 0 radical (unpaired) electrons. The molecule has 1 fully saturated rings. The second-order valence-corrected chi connectivity index (χ2v) is 3.00. The van der Waals surface area contributed by atoms with E-state index in [1.807, 2.05) is 6.08 Å². The molecule has 2 nitrogen and oxygen atoms in total. The van der Waals surface area contributed by atoms with Crippen LogP contribution < -0.4 is 0 Å². The van der Waals surface area contributed by atoms with Crippen LogP contribution in [0.15, 0.2) is 23.7 Å². The zero-order valence-electron chi connectivity index (χ0n) is 5.54. The summed E-state index contributed by atoms with van der Waals surface area (Å²) in [5, 5.41) is 0. The molecule has 0 aromatic heterocycles. The quantitative estimate of drug-likeness (QED) is 0.501. The van der Waals surface area contributed by atoms with E-state index in [0.717, 1.165) is 17.4 Å². The lowest BCUT2D eigenvalue weighted by molar-refractivity contribution is 0.0707. The van der Waals surface area contributed by atoms with Crippen molar-refractivity contribution in [2.75, 3.05) is 6.79 Å². The van der Waals surface area contributed by atoms with Gasteiger partial charge in [0.05, 0.1) is 0 Å². The van der Waals surface area contributed by atoms with Crippen LogP contribution in [0.25, 0.3) is 0 Å². The number of hydrogen-bond donors (Lipinski definition) is 0. The molecule has 1 heterocycles. The zero-order valence-corrected chi connectivity index (χ0v) is 5.54. The standard InChI is InChI=1S/C8H8O2/c1-2-7-8(10-4-9-7)6-3-5(1)6/h1-2,5-6H,3-4H2. The van der Waals surface area contributed by atoms with Gasteiger partial charge in [-0.2, -0.15) is 0 Å². The third kappa shape index (κ3) is 0.451. The van der Waals surface area contributed by atoms with Gasteiger partial charge in [0, 0.05) is 5.92 Å². The Kier molecular flexibility index (Phi) is 0.670. The van der Waals surface area contributed by atoms with E-state index in [2.05, 4.69) is 6.08 Å². The van der Waals surface area contributed by atoms with Crippen molar-refractivity contribution in [1.82, 2.24) is 0 Å². The fraction of sp³-hybridized carbons (Fsp3) is 0.500. The van der Waals surface area contributed by atoms with Gasteiger partial charge in [0.2, 0.25) is 6.79 Å². The summed E-state index contributed by atoms with van der Waals surface area (Å²) in [4.78, 5) is 0. The average Bonchev–Trinajstić information content (AvgIpc) is 2.60. The molecule has 2 unspecified atom stereocenters. The summed E-state index contributed by atoms with van der Waals surface area (Å²) in [6.45, 7) is 0.429. The first-order chi connectivity index (χ1) is 4.95. The van der Waals surface area contributed by atoms with E-state index in [-0.39, 0.29) is 0 Å². The number of hydrogen-bond acceptors (Lipinski definition) is 2. The molecule has 10 heavy (non-hydrogen) atoms. The van der Waals surface area contributed by atoms with Crippen molar-refractivity contribution in [1.29, 1.82) is 0 Å². The highest BCUT2D eigenvalue weighted by Gasteiger charge is 2.45. The Labute approximate surface area is 59.1 Å². The Hall–Kier alpha value is -0.920. The molecule has 0 aromatic rings. The highest BCUT2D eigenvalue weighted by molar-refractivity contribution is 5.32. The lowest BCUT2D eigenvalue weighted by atomic mass is 10.1. The lowest BCUT2D eigenvalue weighted by Gasteiger charge is -2.01. The van der Waals surface area contributed by atoms with Gasteiger partial charge in [-0.25, -0.2) is 0 Å². The molecule has 52 valence electrons. The first kappa shape index (κ1) is 4.83. The van der Waals surface area contributed by atoms with Gasteiger partial charge in [-0.3, -0.25) is 0 Å². The summed E-state index contributed by atoms with van der Waals surface area (Å²) in [5.41, 5.74) is 0. The Morgan fingerprint density at radius 1 is 1.40 bits per heavy atom. The van der Waals surface area contributed by atoms with Crippen molar-refractivity contribution in [3.8, 4) is 0 Å².